The Morgan fingerprint density at radius 1 is 1.10 bits per heavy atom. The average Bonchev–Trinajstić information content (AvgIpc) is 2.32. The van der Waals surface area contributed by atoms with E-state index in [1.165, 1.54) is 0 Å². The summed E-state index contributed by atoms with van der Waals surface area (Å²) in [6, 6.07) is 0. The van der Waals surface area contributed by atoms with Crippen LogP contribution in [0.4, 0.5) is 0 Å². The fourth-order valence-corrected chi connectivity index (χ4v) is 2.86. The number of nitrogens with one attached hydrogen (secondary N) is 1. The molecular formula is C16H34N2O2. The first kappa shape index (κ1) is 19.4. The lowest BCUT2D eigenvalue weighted by molar-refractivity contribution is -0.146. The lowest BCUT2D eigenvalue weighted by Gasteiger charge is -2.34. The van der Waals surface area contributed by atoms with Crippen molar-refractivity contribution in [1.29, 1.82) is 0 Å². The van der Waals surface area contributed by atoms with E-state index in [-0.39, 0.29) is 0 Å². The van der Waals surface area contributed by atoms with E-state index in [0.29, 0.717) is 24.7 Å². The fraction of sp³-hybridized carbons (Fsp3) is 0.938. The molecule has 0 heterocycles. The molecule has 0 fully saturated rings. The van der Waals surface area contributed by atoms with Crippen LogP contribution in [0, 0.1) is 11.8 Å². The van der Waals surface area contributed by atoms with Crippen molar-refractivity contribution in [3.63, 3.8) is 0 Å². The number of hydrogen-bond donors (Lipinski definition) is 2. The van der Waals surface area contributed by atoms with E-state index < -0.39 is 11.5 Å². The van der Waals surface area contributed by atoms with Crippen LogP contribution >= 0.6 is 0 Å². The van der Waals surface area contributed by atoms with Gasteiger partial charge in [-0.3, -0.25) is 4.79 Å². The Morgan fingerprint density at radius 3 is 1.85 bits per heavy atom. The fourth-order valence-electron chi connectivity index (χ4n) is 2.86. The minimum absolute atomic E-state index is 0.366. The molecule has 0 aromatic rings. The summed E-state index contributed by atoms with van der Waals surface area (Å²) in [5, 5.41) is 13.1. The van der Waals surface area contributed by atoms with Gasteiger partial charge < -0.3 is 15.3 Å². The minimum atomic E-state index is -0.782. The molecule has 0 atom stereocenters. The molecule has 0 spiro atoms. The highest BCUT2D eigenvalue weighted by Gasteiger charge is 2.38. The van der Waals surface area contributed by atoms with Gasteiger partial charge in [0.2, 0.25) is 0 Å². The maximum atomic E-state index is 11.8. The smallest absolute Gasteiger partial charge is 0.323 e. The van der Waals surface area contributed by atoms with Gasteiger partial charge in [0.25, 0.3) is 0 Å². The quantitative estimate of drug-likeness (QED) is 0.613. The molecule has 4 heteroatoms. The SMILES string of the molecule is CCN(CC)CCNC(CC(C)C)(CC(C)C)C(=O)O. The number of hydrogen-bond acceptors (Lipinski definition) is 3. The molecule has 0 radical (unpaired) electrons. The van der Waals surface area contributed by atoms with Gasteiger partial charge in [-0.25, -0.2) is 0 Å². The summed E-state index contributed by atoms with van der Waals surface area (Å²) in [5.41, 5.74) is -0.782. The number of nitrogens with zero attached hydrogens (tertiary/aromatic N) is 1. The predicted octanol–water partition coefficient (Wildman–Crippen LogP) is 2.83. The summed E-state index contributed by atoms with van der Waals surface area (Å²) >= 11 is 0. The molecular weight excluding hydrogens is 252 g/mol. The van der Waals surface area contributed by atoms with Gasteiger partial charge in [-0.2, -0.15) is 0 Å². The van der Waals surface area contributed by atoms with Crippen LogP contribution in [0.3, 0.4) is 0 Å². The van der Waals surface area contributed by atoms with Gasteiger partial charge in [0.15, 0.2) is 0 Å². The largest absolute Gasteiger partial charge is 0.480 e. The molecule has 0 aliphatic rings. The molecule has 20 heavy (non-hydrogen) atoms. The van der Waals surface area contributed by atoms with Crippen molar-refractivity contribution in [3.8, 4) is 0 Å². The second-order valence-corrected chi connectivity index (χ2v) is 6.54. The Balaban J connectivity index is 4.77. The normalized spacial score (nSPS) is 12.7. The maximum Gasteiger partial charge on any atom is 0.323 e. The van der Waals surface area contributed by atoms with Crippen LogP contribution in [0.25, 0.3) is 0 Å². The number of likely N-dealkylation sites (N-methyl/N-ethyl adjacent to an activating group) is 1. The summed E-state index contributed by atoms with van der Waals surface area (Å²) in [6.45, 7) is 16.3. The van der Waals surface area contributed by atoms with Crippen molar-refractivity contribution in [1.82, 2.24) is 10.2 Å². The topological polar surface area (TPSA) is 52.6 Å². The average molecular weight is 286 g/mol. The summed E-state index contributed by atoms with van der Waals surface area (Å²) in [6.07, 6.45) is 1.36. The second kappa shape index (κ2) is 9.35. The molecule has 0 rings (SSSR count). The molecule has 0 saturated carbocycles. The van der Waals surface area contributed by atoms with Gasteiger partial charge in [0.05, 0.1) is 0 Å². The van der Waals surface area contributed by atoms with E-state index in [4.69, 9.17) is 0 Å². The molecule has 0 bridgehead atoms. The molecule has 0 aliphatic heterocycles. The van der Waals surface area contributed by atoms with Gasteiger partial charge in [0.1, 0.15) is 5.54 Å². The number of carbonyl (C=O) groups is 1. The number of carboxylic acids is 1. The highest BCUT2D eigenvalue weighted by Crippen LogP contribution is 2.25. The molecule has 0 amide bonds. The zero-order valence-electron chi connectivity index (χ0n) is 14.2. The third kappa shape index (κ3) is 6.71. The summed E-state index contributed by atoms with van der Waals surface area (Å²) in [4.78, 5) is 14.1. The first-order valence-corrected chi connectivity index (χ1v) is 7.98. The Bertz CT molecular complexity index is 264. The van der Waals surface area contributed by atoms with Crippen molar-refractivity contribution in [3.05, 3.63) is 0 Å². The van der Waals surface area contributed by atoms with Crippen LogP contribution in [0.15, 0.2) is 0 Å². The van der Waals surface area contributed by atoms with E-state index in [9.17, 15) is 9.90 Å². The Labute approximate surface area is 124 Å². The van der Waals surface area contributed by atoms with E-state index in [2.05, 4.69) is 51.8 Å². The molecule has 0 aliphatic carbocycles. The summed E-state index contributed by atoms with van der Waals surface area (Å²) < 4.78 is 0. The van der Waals surface area contributed by atoms with Crippen molar-refractivity contribution in [2.24, 2.45) is 11.8 Å². The zero-order chi connectivity index (χ0) is 15.8. The lowest BCUT2D eigenvalue weighted by atomic mass is 9.81. The van der Waals surface area contributed by atoms with Crippen molar-refractivity contribution in [2.75, 3.05) is 26.2 Å². The van der Waals surface area contributed by atoms with Crippen LogP contribution in [0.2, 0.25) is 0 Å². The summed E-state index contributed by atoms with van der Waals surface area (Å²) in [7, 11) is 0. The number of carboxylic acid groups (broad SMARTS) is 1. The number of aliphatic carboxylic acids is 1. The maximum absolute atomic E-state index is 11.8. The van der Waals surface area contributed by atoms with Crippen LogP contribution in [0.1, 0.15) is 54.4 Å². The van der Waals surface area contributed by atoms with E-state index in [0.717, 1.165) is 26.2 Å². The highest BCUT2D eigenvalue weighted by molar-refractivity contribution is 5.78. The van der Waals surface area contributed by atoms with E-state index >= 15 is 0 Å². The molecule has 0 unspecified atom stereocenters. The molecule has 0 saturated heterocycles. The van der Waals surface area contributed by atoms with Gasteiger partial charge in [-0.05, 0) is 37.8 Å². The molecule has 4 nitrogen and oxygen atoms in total. The molecule has 120 valence electrons. The zero-order valence-corrected chi connectivity index (χ0v) is 14.2. The van der Waals surface area contributed by atoms with Crippen LogP contribution in [0.5, 0.6) is 0 Å². The Morgan fingerprint density at radius 2 is 1.55 bits per heavy atom. The minimum Gasteiger partial charge on any atom is -0.480 e. The van der Waals surface area contributed by atoms with Crippen LogP contribution < -0.4 is 5.32 Å². The first-order valence-electron chi connectivity index (χ1n) is 7.98. The standard InChI is InChI=1S/C16H34N2O2/c1-7-18(8-2)10-9-17-16(15(19)20,11-13(3)4)12-14(5)6/h13-14,17H,7-12H2,1-6H3,(H,19,20). The van der Waals surface area contributed by atoms with Crippen molar-refractivity contribution < 1.29 is 9.90 Å². The van der Waals surface area contributed by atoms with Crippen LogP contribution in [-0.2, 0) is 4.79 Å². The monoisotopic (exact) mass is 286 g/mol. The number of rotatable bonds is 11. The predicted molar refractivity (Wildman–Crippen MR) is 85.1 cm³/mol. The van der Waals surface area contributed by atoms with E-state index in [1.54, 1.807) is 0 Å². The Hall–Kier alpha value is -0.610. The van der Waals surface area contributed by atoms with Gasteiger partial charge in [-0.1, -0.05) is 41.5 Å². The van der Waals surface area contributed by atoms with Gasteiger partial charge >= 0.3 is 5.97 Å². The van der Waals surface area contributed by atoms with E-state index in [1.807, 2.05) is 0 Å². The third-order valence-electron chi connectivity index (χ3n) is 3.71. The van der Waals surface area contributed by atoms with Crippen molar-refractivity contribution >= 4 is 5.97 Å². The van der Waals surface area contributed by atoms with Gasteiger partial charge in [0, 0.05) is 13.1 Å². The molecule has 2 N–H and O–H groups in total. The molecule has 0 aromatic heterocycles. The Kier molecular flexibility index (Phi) is 9.06. The second-order valence-electron chi connectivity index (χ2n) is 6.54. The van der Waals surface area contributed by atoms with Crippen LogP contribution in [-0.4, -0.2) is 47.7 Å². The van der Waals surface area contributed by atoms with Gasteiger partial charge in [-0.15, -0.1) is 0 Å². The highest BCUT2D eigenvalue weighted by atomic mass is 16.4. The lowest BCUT2D eigenvalue weighted by Crippen LogP contribution is -2.55. The summed E-state index contributed by atoms with van der Waals surface area (Å²) in [5.74, 6) is 0.0241. The first-order chi connectivity index (χ1) is 9.27. The third-order valence-corrected chi connectivity index (χ3v) is 3.71. The van der Waals surface area contributed by atoms with Crippen molar-refractivity contribution in [2.45, 2.75) is 59.9 Å². The molecule has 0 aromatic carbocycles.